The van der Waals surface area contributed by atoms with Crippen LogP contribution < -0.4 is 5.32 Å². The second-order valence-corrected chi connectivity index (χ2v) is 4.93. The summed E-state index contributed by atoms with van der Waals surface area (Å²) in [4.78, 5) is 37.8. The number of hydrogen-bond donors (Lipinski definition) is 1. The van der Waals surface area contributed by atoms with Crippen LogP contribution in [0.25, 0.3) is 0 Å². The van der Waals surface area contributed by atoms with Gasteiger partial charge in [0.15, 0.2) is 0 Å². The minimum absolute atomic E-state index is 0.347. The predicted molar refractivity (Wildman–Crippen MR) is 66.8 cm³/mol. The van der Waals surface area contributed by atoms with Gasteiger partial charge in [0.1, 0.15) is 5.92 Å². The molecule has 1 rings (SSSR count). The monoisotopic (exact) mass is 255 g/mol. The Morgan fingerprint density at radius 2 is 1.94 bits per heavy atom. The number of barbiturate groups is 1. The first kappa shape index (κ1) is 14.6. The van der Waals surface area contributed by atoms with E-state index in [-0.39, 0.29) is 0 Å². The fourth-order valence-corrected chi connectivity index (χ4v) is 1.68. The molecule has 1 saturated heterocycles. The molecule has 1 aliphatic heterocycles. The molecule has 1 aliphatic rings. The molecule has 0 aliphatic carbocycles. The van der Waals surface area contributed by atoms with E-state index in [2.05, 4.69) is 24.1 Å². The average molecular weight is 255 g/mol. The number of imide groups is 2. The van der Waals surface area contributed by atoms with Gasteiger partial charge in [-0.05, 0) is 40.8 Å². The summed E-state index contributed by atoms with van der Waals surface area (Å²) in [5, 5.41) is 2.18. The normalized spacial score (nSPS) is 20.9. The van der Waals surface area contributed by atoms with E-state index in [9.17, 15) is 14.4 Å². The Balaban J connectivity index is 2.48. The number of amides is 4. The van der Waals surface area contributed by atoms with Crippen molar-refractivity contribution in [2.24, 2.45) is 5.92 Å². The molecule has 1 N–H and O–H groups in total. The zero-order chi connectivity index (χ0) is 13.9. The van der Waals surface area contributed by atoms with Crippen molar-refractivity contribution in [2.75, 3.05) is 20.1 Å². The van der Waals surface area contributed by atoms with E-state index in [1.165, 1.54) is 6.92 Å². The Kier molecular flexibility index (Phi) is 4.84. The smallest absolute Gasteiger partial charge is 0.304 e. The summed E-state index contributed by atoms with van der Waals surface area (Å²) in [5.74, 6) is -1.69. The van der Waals surface area contributed by atoms with Crippen LogP contribution in [0.15, 0.2) is 0 Å². The van der Waals surface area contributed by atoms with Crippen LogP contribution in [0.4, 0.5) is 4.79 Å². The number of nitrogens with one attached hydrogen (secondary N) is 1. The lowest BCUT2D eigenvalue weighted by Gasteiger charge is -2.29. The van der Waals surface area contributed by atoms with Crippen LogP contribution in [-0.4, -0.2) is 53.8 Å². The number of urea groups is 1. The Labute approximate surface area is 107 Å². The maximum Gasteiger partial charge on any atom is 0.330 e. The Morgan fingerprint density at radius 1 is 1.33 bits per heavy atom. The summed E-state index contributed by atoms with van der Waals surface area (Å²) in [5.41, 5.74) is 0. The highest BCUT2D eigenvalue weighted by Crippen LogP contribution is 2.10. The van der Waals surface area contributed by atoms with E-state index in [1.54, 1.807) is 0 Å². The summed E-state index contributed by atoms with van der Waals surface area (Å²) in [6.07, 6.45) is 0.703. The van der Waals surface area contributed by atoms with E-state index in [0.717, 1.165) is 11.4 Å². The van der Waals surface area contributed by atoms with Gasteiger partial charge in [-0.2, -0.15) is 0 Å². The molecule has 0 saturated carbocycles. The molecule has 4 amide bonds. The van der Waals surface area contributed by atoms with Crippen LogP contribution in [-0.2, 0) is 9.59 Å². The van der Waals surface area contributed by atoms with Gasteiger partial charge in [-0.3, -0.25) is 19.8 Å². The van der Waals surface area contributed by atoms with Gasteiger partial charge in [-0.1, -0.05) is 0 Å². The second kappa shape index (κ2) is 5.95. The summed E-state index contributed by atoms with van der Waals surface area (Å²) in [7, 11) is 1.99. The Bertz CT molecular complexity index is 354. The molecule has 102 valence electrons. The topological polar surface area (TPSA) is 69.7 Å². The third kappa shape index (κ3) is 3.29. The van der Waals surface area contributed by atoms with Gasteiger partial charge in [0, 0.05) is 12.6 Å². The molecule has 6 nitrogen and oxygen atoms in total. The zero-order valence-electron chi connectivity index (χ0n) is 11.4. The van der Waals surface area contributed by atoms with E-state index in [1.807, 2.05) is 7.05 Å². The van der Waals surface area contributed by atoms with Gasteiger partial charge in [0.25, 0.3) is 0 Å². The van der Waals surface area contributed by atoms with Gasteiger partial charge in [-0.25, -0.2) is 4.79 Å². The molecule has 0 spiro atoms. The molecular weight excluding hydrogens is 234 g/mol. The third-order valence-electron chi connectivity index (χ3n) is 3.28. The molecule has 1 heterocycles. The van der Waals surface area contributed by atoms with Gasteiger partial charge < -0.3 is 4.90 Å². The van der Waals surface area contributed by atoms with E-state index >= 15 is 0 Å². The highest BCUT2D eigenvalue weighted by molar-refractivity contribution is 6.15. The van der Waals surface area contributed by atoms with E-state index in [0.29, 0.717) is 19.0 Å². The molecule has 1 atom stereocenters. The highest BCUT2D eigenvalue weighted by atomic mass is 16.2. The van der Waals surface area contributed by atoms with Crippen molar-refractivity contribution >= 4 is 17.8 Å². The number of carbonyl (C=O) groups excluding carboxylic acids is 3. The molecule has 6 heteroatoms. The van der Waals surface area contributed by atoms with Crippen LogP contribution in [0.5, 0.6) is 0 Å². The van der Waals surface area contributed by atoms with Crippen LogP contribution in [0.1, 0.15) is 27.2 Å². The Morgan fingerprint density at radius 3 is 2.50 bits per heavy atom. The molecule has 18 heavy (non-hydrogen) atoms. The number of nitrogens with zero attached hydrogens (tertiary/aromatic N) is 2. The quantitative estimate of drug-likeness (QED) is 0.723. The molecule has 1 unspecified atom stereocenters. The van der Waals surface area contributed by atoms with Crippen molar-refractivity contribution in [3.8, 4) is 0 Å². The second-order valence-electron chi connectivity index (χ2n) is 4.93. The van der Waals surface area contributed by atoms with Crippen LogP contribution in [0.2, 0.25) is 0 Å². The molecule has 0 aromatic rings. The Hall–Kier alpha value is -1.43. The molecule has 0 aromatic carbocycles. The lowest BCUT2D eigenvalue weighted by Crippen LogP contribution is -2.57. The summed E-state index contributed by atoms with van der Waals surface area (Å²) >= 11 is 0. The maximum atomic E-state index is 11.8. The summed E-state index contributed by atoms with van der Waals surface area (Å²) in [6, 6.07) is -0.174. The SMILES string of the molecule is CC1C(=O)NC(=O)N(CCCN(C)C(C)C)C1=O. The largest absolute Gasteiger partial charge is 0.330 e. The highest BCUT2D eigenvalue weighted by Gasteiger charge is 2.36. The minimum atomic E-state index is -0.773. The first-order valence-electron chi connectivity index (χ1n) is 6.21. The van der Waals surface area contributed by atoms with Gasteiger partial charge >= 0.3 is 6.03 Å². The molecular formula is C12H21N3O3. The number of rotatable bonds is 5. The van der Waals surface area contributed by atoms with E-state index < -0.39 is 23.8 Å². The molecule has 0 radical (unpaired) electrons. The van der Waals surface area contributed by atoms with Crippen LogP contribution in [0, 0.1) is 5.92 Å². The fourth-order valence-electron chi connectivity index (χ4n) is 1.68. The van der Waals surface area contributed by atoms with Crippen molar-refractivity contribution in [3.63, 3.8) is 0 Å². The first-order chi connectivity index (χ1) is 8.34. The van der Waals surface area contributed by atoms with Crippen molar-refractivity contribution in [2.45, 2.75) is 33.2 Å². The first-order valence-corrected chi connectivity index (χ1v) is 6.21. The van der Waals surface area contributed by atoms with Gasteiger partial charge in [0.05, 0.1) is 0 Å². The van der Waals surface area contributed by atoms with Crippen LogP contribution >= 0.6 is 0 Å². The summed E-state index contributed by atoms with van der Waals surface area (Å²) in [6.45, 7) is 6.83. The van der Waals surface area contributed by atoms with Crippen molar-refractivity contribution in [1.82, 2.24) is 15.1 Å². The molecule has 0 aromatic heterocycles. The van der Waals surface area contributed by atoms with Gasteiger partial charge in [-0.15, -0.1) is 0 Å². The summed E-state index contributed by atoms with van der Waals surface area (Å²) < 4.78 is 0. The average Bonchev–Trinajstić information content (AvgIpc) is 2.30. The molecule has 1 fully saturated rings. The number of carbonyl (C=O) groups is 3. The van der Waals surface area contributed by atoms with Gasteiger partial charge in [0.2, 0.25) is 11.8 Å². The van der Waals surface area contributed by atoms with E-state index in [4.69, 9.17) is 0 Å². The fraction of sp³-hybridized carbons (Fsp3) is 0.750. The lowest BCUT2D eigenvalue weighted by molar-refractivity contribution is -0.141. The maximum absolute atomic E-state index is 11.8. The minimum Gasteiger partial charge on any atom is -0.304 e. The lowest BCUT2D eigenvalue weighted by atomic mass is 10.1. The van der Waals surface area contributed by atoms with Crippen molar-refractivity contribution in [3.05, 3.63) is 0 Å². The zero-order valence-corrected chi connectivity index (χ0v) is 11.4. The van der Waals surface area contributed by atoms with Crippen LogP contribution in [0.3, 0.4) is 0 Å². The third-order valence-corrected chi connectivity index (χ3v) is 3.28. The predicted octanol–water partition coefficient (Wildman–Crippen LogP) is 0.431. The number of hydrogen-bond acceptors (Lipinski definition) is 4. The van der Waals surface area contributed by atoms with Crippen molar-refractivity contribution in [1.29, 1.82) is 0 Å². The standard InChI is InChI=1S/C12H21N3O3/c1-8(2)14(4)6-5-7-15-11(17)9(3)10(16)13-12(15)18/h8-9H,5-7H2,1-4H3,(H,13,16,18). The molecule has 0 bridgehead atoms. The van der Waals surface area contributed by atoms with Crippen molar-refractivity contribution < 1.29 is 14.4 Å².